The van der Waals surface area contributed by atoms with Crippen LogP contribution in [0.1, 0.15) is 0 Å². The molecule has 0 atom stereocenters. The van der Waals surface area contributed by atoms with E-state index < -0.39 is 0 Å². The first-order chi connectivity index (χ1) is 20.8. The van der Waals surface area contributed by atoms with Crippen molar-refractivity contribution in [3.05, 3.63) is 146 Å². The number of hydrogen-bond donors (Lipinski definition) is 0. The van der Waals surface area contributed by atoms with Gasteiger partial charge in [0.15, 0.2) is 0 Å². The molecule has 0 aliphatic rings. The van der Waals surface area contributed by atoms with Crippen LogP contribution in [0.5, 0.6) is 0 Å². The summed E-state index contributed by atoms with van der Waals surface area (Å²) in [5.74, 6) is 0.914. The van der Waals surface area contributed by atoms with E-state index in [4.69, 9.17) is 4.98 Å². The van der Waals surface area contributed by atoms with Gasteiger partial charge in [-0.25, -0.2) is 4.98 Å². The molecule has 5 aromatic carbocycles. The van der Waals surface area contributed by atoms with Crippen LogP contribution in [0.25, 0.3) is 77.3 Å². The highest BCUT2D eigenvalue weighted by Crippen LogP contribution is 2.37. The molecule has 4 heterocycles. The van der Waals surface area contributed by atoms with Gasteiger partial charge >= 0.3 is 0 Å². The largest absolute Gasteiger partial charge is 0.309 e. The fourth-order valence-corrected chi connectivity index (χ4v) is 6.47. The lowest BCUT2D eigenvalue weighted by Gasteiger charge is -2.12. The van der Waals surface area contributed by atoms with Gasteiger partial charge < -0.3 is 4.57 Å². The molecule has 4 aromatic heterocycles. The Hall–Kier alpha value is -5.74. The van der Waals surface area contributed by atoms with Crippen LogP contribution >= 0.6 is 0 Å². The van der Waals surface area contributed by atoms with E-state index in [1.807, 2.05) is 24.4 Å². The quantitative estimate of drug-likeness (QED) is 0.225. The van der Waals surface area contributed by atoms with Crippen molar-refractivity contribution in [2.24, 2.45) is 0 Å². The number of aromatic nitrogens is 4. The fraction of sp³-hybridized carbons (Fsp3) is 0. The summed E-state index contributed by atoms with van der Waals surface area (Å²) in [5, 5.41) is 6.02. The molecule has 4 heteroatoms. The maximum atomic E-state index is 5.10. The smallest absolute Gasteiger partial charge is 0.138 e. The third-order valence-electron chi connectivity index (χ3n) is 8.36. The average molecular weight is 537 g/mol. The maximum absolute atomic E-state index is 5.10. The van der Waals surface area contributed by atoms with Crippen molar-refractivity contribution in [3.8, 4) is 22.8 Å². The van der Waals surface area contributed by atoms with E-state index in [0.29, 0.717) is 0 Å². The van der Waals surface area contributed by atoms with Crippen molar-refractivity contribution in [1.29, 1.82) is 0 Å². The van der Waals surface area contributed by atoms with Crippen molar-refractivity contribution in [1.82, 2.24) is 19.1 Å². The van der Waals surface area contributed by atoms with E-state index in [1.54, 1.807) is 0 Å². The summed E-state index contributed by atoms with van der Waals surface area (Å²) in [6.07, 6.45) is 1.85. The zero-order chi connectivity index (χ0) is 27.6. The van der Waals surface area contributed by atoms with Crippen LogP contribution in [0.4, 0.5) is 0 Å². The minimum Gasteiger partial charge on any atom is -0.309 e. The molecule has 42 heavy (non-hydrogen) atoms. The zero-order valence-corrected chi connectivity index (χ0v) is 22.6. The van der Waals surface area contributed by atoms with E-state index in [0.717, 1.165) is 50.2 Å². The van der Waals surface area contributed by atoms with Crippen molar-refractivity contribution in [3.63, 3.8) is 0 Å². The van der Waals surface area contributed by atoms with E-state index in [1.165, 1.54) is 27.1 Å². The lowest BCUT2D eigenvalue weighted by molar-refractivity contribution is 1.10. The summed E-state index contributed by atoms with van der Waals surface area (Å²) in [6.45, 7) is 0. The average Bonchev–Trinajstić information content (AvgIpc) is 3.57. The lowest BCUT2D eigenvalue weighted by atomic mass is 10.1. The van der Waals surface area contributed by atoms with Crippen LogP contribution in [-0.2, 0) is 0 Å². The third-order valence-corrected chi connectivity index (χ3v) is 8.36. The molecule has 0 aliphatic heterocycles. The van der Waals surface area contributed by atoms with Crippen LogP contribution < -0.4 is 0 Å². The summed E-state index contributed by atoms with van der Waals surface area (Å²) in [5.41, 5.74) is 8.77. The number of rotatable bonds is 3. The fourth-order valence-electron chi connectivity index (χ4n) is 6.47. The molecule has 0 aliphatic carbocycles. The van der Waals surface area contributed by atoms with Crippen molar-refractivity contribution in [2.75, 3.05) is 0 Å². The summed E-state index contributed by atoms with van der Waals surface area (Å²) in [7, 11) is 0. The minimum atomic E-state index is 0.914. The molecule has 0 bridgehead atoms. The van der Waals surface area contributed by atoms with Crippen LogP contribution in [0.2, 0.25) is 0 Å². The standard InChI is InChI=1S/C38H24N4/c1-4-13-33-25(9-1)17-21-38(40-33)42-35-15-6-3-11-29(35)31-20-18-27(24-37(31)42)41-34-14-5-2-10-28(34)30-19-16-26(23-36(30)41)32-12-7-8-22-39-32/h1-24H. The minimum absolute atomic E-state index is 0.914. The van der Waals surface area contributed by atoms with Gasteiger partial charge in [0.2, 0.25) is 0 Å². The van der Waals surface area contributed by atoms with Gasteiger partial charge in [-0.1, -0.05) is 78.9 Å². The highest BCUT2D eigenvalue weighted by molar-refractivity contribution is 6.12. The van der Waals surface area contributed by atoms with Crippen LogP contribution in [0.3, 0.4) is 0 Å². The summed E-state index contributed by atoms with van der Waals surface area (Å²) < 4.78 is 4.68. The summed E-state index contributed by atoms with van der Waals surface area (Å²) in [4.78, 5) is 9.73. The highest BCUT2D eigenvalue weighted by atomic mass is 15.1. The molecule has 0 spiro atoms. The van der Waals surface area contributed by atoms with Gasteiger partial charge in [-0.15, -0.1) is 0 Å². The summed E-state index contributed by atoms with van der Waals surface area (Å²) >= 11 is 0. The molecule has 4 nitrogen and oxygen atoms in total. The Bertz CT molecular complexity index is 2470. The Kier molecular flexibility index (Phi) is 4.87. The van der Waals surface area contributed by atoms with E-state index >= 15 is 0 Å². The Balaban J connectivity index is 1.35. The van der Waals surface area contributed by atoms with Gasteiger partial charge in [0.05, 0.1) is 33.3 Å². The highest BCUT2D eigenvalue weighted by Gasteiger charge is 2.17. The van der Waals surface area contributed by atoms with E-state index in [2.05, 4.69) is 135 Å². The van der Waals surface area contributed by atoms with Crippen LogP contribution in [0.15, 0.2) is 146 Å². The molecule has 0 N–H and O–H groups in total. The van der Waals surface area contributed by atoms with Gasteiger partial charge in [0.25, 0.3) is 0 Å². The monoisotopic (exact) mass is 536 g/mol. The predicted octanol–water partition coefficient (Wildman–Crippen LogP) is 9.49. The number of pyridine rings is 2. The molecule has 0 fully saturated rings. The Morgan fingerprint density at radius 1 is 0.452 bits per heavy atom. The number of benzene rings is 5. The van der Waals surface area contributed by atoms with Gasteiger partial charge in [-0.05, 0) is 60.7 Å². The Labute approximate surface area is 241 Å². The van der Waals surface area contributed by atoms with Gasteiger partial charge in [-0.2, -0.15) is 0 Å². The number of hydrogen-bond acceptors (Lipinski definition) is 2. The second kappa shape index (κ2) is 8.88. The molecule has 0 amide bonds. The first-order valence-electron chi connectivity index (χ1n) is 14.2. The van der Waals surface area contributed by atoms with Gasteiger partial charge in [0.1, 0.15) is 5.82 Å². The molecular weight excluding hydrogens is 512 g/mol. The first kappa shape index (κ1) is 23.0. The van der Waals surface area contributed by atoms with Crippen molar-refractivity contribution in [2.45, 2.75) is 0 Å². The van der Waals surface area contributed by atoms with Crippen molar-refractivity contribution >= 4 is 54.5 Å². The third kappa shape index (κ3) is 3.36. The number of nitrogens with zero attached hydrogens (tertiary/aromatic N) is 4. The van der Waals surface area contributed by atoms with E-state index in [9.17, 15) is 0 Å². The zero-order valence-electron chi connectivity index (χ0n) is 22.6. The number of fused-ring (bicyclic) bond motifs is 7. The molecule has 0 saturated carbocycles. The second-order valence-electron chi connectivity index (χ2n) is 10.7. The number of para-hydroxylation sites is 3. The molecule has 9 rings (SSSR count). The molecule has 9 aromatic rings. The predicted molar refractivity (Wildman–Crippen MR) is 174 cm³/mol. The van der Waals surface area contributed by atoms with Crippen molar-refractivity contribution < 1.29 is 0 Å². The Morgan fingerprint density at radius 3 is 1.93 bits per heavy atom. The van der Waals surface area contributed by atoms with E-state index in [-0.39, 0.29) is 0 Å². The maximum Gasteiger partial charge on any atom is 0.138 e. The van der Waals surface area contributed by atoms with Gasteiger partial charge in [-0.3, -0.25) is 9.55 Å². The lowest BCUT2D eigenvalue weighted by Crippen LogP contribution is -1.99. The molecule has 0 radical (unpaired) electrons. The normalized spacial score (nSPS) is 11.8. The first-order valence-corrected chi connectivity index (χ1v) is 14.2. The topological polar surface area (TPSA) is 35.6 Å². The second-order valence-corrected chi connectivity index (χ2v) is 10.7. The van der Waals surface area contributed by atoms with Crippen LogP contribution in [-0.4, -0.2) is 19.1 Å². The van der Waals surface area contributed by atoms with Gasteiger partial charge in [0, 0.05) is 44.4 Å². The van der Waals surface area contributed by atoms with Crippen LogP contribution in [0, 0.1) is 0 Å². The molecule has 196 valence electrons. The molecular formula is C38H24N4. The molecule has 0 unspecified atom stereocenters. The molecule has 0 saturated heterocycles. The SMILES string of the molecule is c1ccc(-c2ccc3c4ccccc4n(-c4ccc5c6ccccc6n(-c6ccc7ccccc7n6)c5c4)c3c2)nc1. The Morgan fingerprint density at radius 2 is 1.12 bits per heavy atom. The summed E-state index contributed by atoms with van der Waals surface area (Å²) in [6, 6.07) is 49.4.